The van der Waals surface area contributed by atoms with Crippen LogP contribution in [0.4, 0.5) is 0 Å². The van der Waals surface area contributed by atoms with E-state index in [9.17, 15) is 53.7 Å². The Morgan fingerprint density at radius 3 is 1.57 bits per heavy atom. The predicted octanol–water partition coefficient (Wildman–Crippen LogP) is -5.81. The van der Waals surface area contributed by atoms with Crippen LogP contribution in [-0.4, -0.2) is 141 Å². The van der Waals surface area contributed by atoms with Gasteiger partial charge < -0.3 is 75.1 Å². The predicted molar refractivity (Wildman–Crippen MR) is 198 cm³/mol. The molecule has 0 radical (unpaired) electrons. The summed E-state index contributed by atoms with van der Waals surface area (Å²) in [7, 11) is 0. The second-order valence-electron chi connectivity index (χ2n) is 13.2. The molecule has 1 heterocycles. The average molecular weight is 799 g/mol. The van der Waals surface area contributed by atoms with Crippen LogP contribution in [0.15, 0.2) is 12.5 Å². The van der Waals surface area contributed by atoms with Crippen LogP contribution in [0.2, 0.25) is 0 Å². The van der Waals surface area contributed by atoms with Gasteiger partial charge in [0.1, 0.15) is 36.3 Å². The largest absolute Gasteiger partial charge is 0.480 e. The number of aliphatic carboxylic acids is 1. The van der Waals surface area contributed by atoms with E-state index in [1.165, 1.54) is 26.4 Å². The third-order valence-corrected chi connectivity index (χ3v) is 8.36. The summed E-state index contributed by atoms with van der Waals surface area (Å²) in [6.07, 6.45) is 1.86. The number of H-pyrrole nitrogens is 1. The number of amides is 7. The fourth-order valence-electron chi connectivity index (χ4n) is 5.13. The number of carbonyl (C=O) groups excluding carboxylic acids is 7. The lowest BCUT2D eigenvalue weighted by Gasteiger charge is -2.27. The van der Waals surface area contributed by atoms with Gasteiger partial charge in [0.05, 0.1) is 25.1 Å². The van der Waals surface area contributed by atoms with E-state index in [1.54, 1.807) is 0 Å². The number of carboxylic acid groups (broad SMARTS) is 1. The van der Waals surface area contributed by atoms with Crippen LogP contribution in [0, 0.1) is 0 Å². The molecule has 0 aliphatic carbocycles. The summed E-state index contributed by atoms with van der Waals surface area (Å²) in [6, 6.07) is -9.84. The van der Waals surface area contributed by atoms with E-state index in [0.29, 0.717) is 31.4 Å². The number of carboxylic acids is 1. The molecule has 8 atom stereocenters. The number of hydrogen-bond acceptors (Lipinski definition) is 14. The molecule has 0 unspecified atom stereocenters. The monoisotopic (exact) mass is 798 g/mol. The number of primary amides is 1. The van der Waals surface area contributed by atoms with Crippen LogP contribution in [0.25, 0.3) is 0 Å². The summed E-state index contributed by atoms with van der Waals surface area (Å²) < 4.78 is 0. The van der Waals surface area contributed by atoms with Crippen molar-refractivity contribution in [2.75, 3.05) is 19.7 Å². The highest BCUT2D eigenvalue weighted by atomic mass is 16.4. The number of aliphatic hydroxyl groups is 2. The normalized spacial score (nSPS) is 15.3. The van der Waals surface area contributed by atoms with Gasteiger partial charge in [-0.25, -0.2) is 9.78 Å². The smallest absolute Gasteiger partial charge is 0.326 e. The van der Waals surface area contributed by atoms with Crippen molar-refractivity contribution >= 4 is 47.3 Å². The van der Waals surface area contributed by atoms with Gasteiger partial charge in [0.15, 0.2) is 0 Å². The summed E-state index contributed by atoms with van der Waals surface area (Å²) in [5, 5.41) is 44.2. The molecule has 7 amide bonds. The van der Waals surface area contributed by atoms with Gasteiger partial charge in [0.25, 0.3) is 0 Å². The Hall–Kier alpha value is -5.23. The molecule has 1 aromatic heterocycles. The standard InChI is InChI=1S/C33H58N12O11/c1-17(36)27(49)45-26(18(2)47)32(54)42-21(8-4-6-12-35)29(51)44-24(15-46)31(53)40-20(7-3-5-11-34)28(50)41-22(9-10-25(37)48)30(52)43-23(33(55)56)13-19-14-38-16-39-19/h14,16-18,20-24,26,46-47H,3-13,15,34-36H2,1-2H3,(H2,37,48)(H,38,39)(H,40,53)(H,41,50)(H,42,54)(H,43,52)(H,44,51)(H,45,49)(H,55,56)/t17-,18+,20-,21-,22-,23-,24-,26-/m0/s1. The minimum atomic E-state index is -1.67. The first-order valence-electron chi connectivity index (χ1n) is 18.2. The number of unbranched alkanes of at least 4 members (excludes halogenated alkanes) is 2. The van der Waals surface area contributed by atoms with E-state index in [-0.39, 0.29) is 45.2 Å². The van der Waals surface area contributed by atoms with Crippen LogP contribution < -0.4 is 54.8 Å². The Morgan fingerprint density at radius 2 is 1.16 bits per heavy atom. The summed E-state index contributed by atoms with van der Waals surface area (Å²) in [6.45, 7) is 2.13. The third-order valence-electron chi connectivity index (χ3n) is 8.36. The lowest BCUT2D eigenvalue weighted by Crippen LogP contribution is -2.61. The zero-order chi connectivity index (χ0) is 42.4. The van der Waals surface area contributed by atoms with Crippen LogP contribution in [0.3, 0.4) is 0 Å². The maximum Gasteiger partial charge on any atom is 0.326 e. The highest BCUT2D eigenvalue weighted by molar-refractivity contribution is 5.97. The molecular weight excluding hydrogens is 740 g/mol. The molecule has 0 fully saturated rings. The van der Waals surface area contributed by atoms with Crippen molar-refractivity contribution in [2.45, 2.75) is 120 Å². The molecule has 18 N–H and O–H groups in total. The van der Waals surface area contributed by atoms with Gasteiger partial charge in [0, 0.05) is 24.7 Å². The Morgan fingerprint density at radius 1 is 0.696 bits per heavy atom. The minimum Gasteiger partial charge on any atom is -0.480 e. The number of carbonyl (C=O) groups is 8. The molecule has 0 aliphatic rings. The van der Waals surface area contributed by atoms with E-state index in [2.05, 4.69) is 41.9 Å². The molecular formula is C33H58N12O11. The SMILES string of the molecule is C[C@H](N)C(=O)N[C@H](C(=O)N[C@@H](CCCCN)C(=O)N[C@@H](CO)C(=O)N[C@@H](CCCCN)C(=O)N[C@@H](CCC(N)=O)C(=O)N[C@@H](Cc1cnc[nH]1)C(=O)O)[C@@H](C)O. The number of imidazole rings is 1. The van der Waals surface area contributed by atoms with Crippen molar-refractivity contribution in [3.05, 3.63) is 18.2 Å². The van der Waals surface area contributed by atoms with Crippen molar-refractivity contribution in [1.29, 1.82) is 0 Å². The number of aromatic amines is 1. The number of aliphatic hydroxyl groups excluding tert-OH is 2. The first-order chi connectivity index (χ1) is 26.4. The van der Waals surface area contributed by atoms with Gasteiger partial charge in [0.2, 0.25) is 41.4 Å². The summed E-state index contributed by atoms with van der Waals surface area (Å²) in [4.78, 5) is 109. The topological polar surface area (TPSA) is 402 Å². The highest BCUT2D eigenvalue weighted by Crippen LogP contribution is 2.08. The summed E-state index contributed by atoms with van der Waals surface area (Å²) >= 11 is 0. The summed E-state index contributed by atoms with van der Waals surface area (Å²) in [5.74, 6) is -7.73. The van der Waals surface area contributed by atoms with Crippen LogP contribution >= 0.6 is 0 Å². The number of rotatable bonds is 28. The Balaban J connectivity index is 3.23. The number of nitrogens with zero attached hydrogens (tertiary/aromatic N) is 1. The molecule has 1 rings (SSSR count). The van der Waals surface area contributed by atoms with E-state index in [4.69, 9.17) is 22.9 Å². The minimum absolute atomic E-state index is 0.00576. The van der Waals surface area contributed by atoms with E-state index >= 15 is 0 Å². The number of aromatic nitrogens is 2. The van der Waals surface area contributed by atoms with Crippen molar-refractivity contribution < 1.29 is 53.7 Å². The second kappa shape index (κ2) is 25.8. The Kier molecular flexibility index (Phi) is 22.5. The van der Waals surface area contributed by atoms with E-state index in [1.807, 2.05) is 0 Å². The summed E-state index contributed by atoms with van der Waals surface area (Å²) in [5.41, 5.74) is 22.4. The van der Waals surface area contributed by atoms with E-state index < -0.39 is 102 Å². The van der Waals surface area contributed by atoms with Gasteiger partial charge in [-0.2, -0.15) is 0 Å². The van der Waals surface area contributed by atoms with Crippen LogP contribution in [0.5, 0.6) is 0 Å². The zero-order valence-electron chi connectivity index (χ0n) is 31.6. The Labute approximate surface area is 323 Å². The molecule has 0 aliphatic heterocycles. The number of hydrogen-bond donors (Lipinski definition) is 14. The first-order valence-corrected chi connectivity index (χ1v) is 18.2. The molecule has 23 nitrogen and oxygen atoms in total. The fraction of sp³-hybridized carbons (Fsp3) is 0.667. The lowest BCUT2D eigenvalue weighted by molar-refractivity contribution is -0.142. The molecule has 23 heteroatoms. The van der Waals surface area contributed by atoms with Crippen molar-refractivity contribution in [3.8, 4) is 0 Å². The van der Waals surface area contributed by atoms with Gasteiger partial charge in [-0.15, -0.1) is 0 Å². The molecule has 0 spiro atoms. The van der Waals surface area contributed by atoms with Gasteiger partial charge >= 0.3 is 5.97 Å². The maximum absolute atomic E-state index is 13.6. The first kappa shape index (κ1) is 48.8. The third kappa shape index (κ3) is 17.9. The van der Waals surface area contributed by atoms with Crippen molar-refractivity contribution in [1.82, 2.24) is 41.9 Å². The van der Waals surface area contributed by atoms with Gasteiger partial charge in [-0.1, -0.05) is 0 Å². The molecule has 0 saturated carbocycles. The fourth-order valence-corrected chi connectivity index (χ4v) is 5.13. The second-order valence-corrected chi connectivity index (χ2v) is 13.2. The average Bonchev–Trinajstić information content (AvgIpc) is 3.65. The number of nitrogens with two attached hydrogens (primary N) is 4. The highest BCUT2D eigenvalue weighted by Gasteiger charge is 2.34. The van der Waals surface area contributed by atoms with E-state index in [0.717, 1.165) is 0 Å². The van der Waals surface area contributed by atoms with Crippen molar-refractivity contribution in [3.63, 3.8) is 0 Å². The molecule has 56 heavy (non-hydrogen) atoms. The molecule has 0 aromatic carbocycles. The molecule has 1 aromatic rings. The quantitative estimate of drug-likeness (QED) is 0.0351. The van der Waals surface area contributed by atoms with Gasteiger partial charge in [-0.05, 0) is 71.9 Å². The van der Waals surface area contributed by atoms with Gasteiger partial charge in [-0.3, -0.25) is 33.6 Å². The van der Waals surface area contributed by atoms with Crippen LogP contribution in [0.1, 0.15) is 70.9 Å². The zero-order valence-corrected chi connectivity index (χ0v) is 31.6. The molecule has 316 valence electrons. The lowest BCUT2D eigenvalue weighted by atomic mass is 10.0. The Bertz CT molecular complexity index is 1440. The van der Waals surface area contributed by atoms with Crippen molar-refractivity contribution in [2.24, 2.45) is 22.9 Å². The number of nitrogens with one attached hydrogen (secondary N) is 7. The molecule has 0 bridgehead atoms. The maximum atomic E-state index is 13.6. The molecule has 0 saturated heterocycles. The van der Waals surface area contributed by atoms with Crippen LogP contribution in [-0.2, 0) is 44.8 Å².